The first-order valence-corrected chi connectivity index (χ1v) is 7.29. The minimum Gasteiger partial charge on any atom is -0.374 e. The molecule has 2 fully saturated rings. The summed E-state index contributed by atoms with van der Waals surface area (Å²) in [7, 11) is 0. The van der Waals surface area contributed by atoms with E-state index in [9.17, 15) is 4.79 Å². The summed E-state index contributed by atoms with van der Waals surface area (Å²) in [5, 5.41) is 0. The molecule has 1 amide bonds. The molecule has 102 valence electrons. The van der Waals surface area contributed by atoms with Gasteiger partial charge in [0.15, 0.2) is 0 Å². The number of rotatable bonds is 2. The number of hydrogen-bond acceptors (Lipinski definition) is 2. The standard InChI is InChI=1S/C16H21NO2/c18-16(12-13-6-2-1-3-7-13)17-10-11-19-15-9-5-4-8-14(15)17/h1-3,6-7,14-15H,4-5,8-12H2/t14-,15+/m1/s1. The third-order valence-electron chi connectivity index (χ3n) is 4.25. The molecule has 0 spiro atoms. The third kappa shape index (κ3) is 2.81. The Morgan fingerprint density at radius 2 is 2.00 bits per heavy atom. The monoisotopic (exact) mass is 259 g/mol. The van der Waals surface area contributed by atoms with E-state index < -0.39 is 0 Å². The van der Waals surface area contributed by atoms with Crippen molar-refractivity contribution in [3.05, 3.63) is 35.9 Å². The average molecular weight is 259 g/mol. The van der Waals surface area contributed by atoms with E-state index in [4.69, 9.17) is 4.74 Å². The van der Waals surface area contributed by atoms with Gasteiger partial charge in [0.05, 0.1) is 25.2 Å². The van der Waals surface area contributed by atoms with Crippen molar-refractivity contribution < 1.29 is 9.53 Å². The molecule has 0 unspecified atom stereocenters. The molecule has 0 radical (unpaired) electrons. The number of ether oxygens (including phenoxy) is 1. The second-order valence-corrected chi connectivity index (χ2v) is 5.51. The Kier molecular flexibility index (Phi) is 3.83. The average Bonchev–Trinajstić information content (AvgIpc) is 2.47. The van der Waals surface area contributed by atoms with Gasteiger partial charge in [0.1, 0.15) is 0 Å². The van der Waals surface area contributed by atoms with Crippen molar-refractivity contribution in [1.82, 2.24) is 4.90 Å². The first-order valence-electron chi connectivity index (χ1n) is 7.29. The highest BCUT2D eigenvalue weighted by atomic mass is 16.5. The Labute approximate surface area is 114 Å². The van der Waals surface area contributed by atoms with Gasteiger partial charge in [-0.15, -0.1) is 0 Å². The molecular weight excluding hydrogens is 238 g/mol. The molecule has 2 atom stereocenters. The Morgan fingerprint density at radius 1 is 1.21 bits per heavy atom. The fraction of sp³-hybridized carbons (Fsp3) is 0.562. The number of hydrogen-bond donors (Lipinski definition) is 0. The van der Waals surface area contributed by atoms with Crippen LogP contribution >= 0.6 is 0 Å². The first-order chi connectivity index (χ1) is 9.34. The Hall–Kier alpha value is -1.35. The maximum atomic E-state index is 12.5. The molecule has 3 nitrogen and oxygen atoms in total. The molecule has 0 N–H and O–H groups in total. The molecule has 0 bridgehead atoms. The highest BCUT2D eigenvalue weighted by Gasteiger charge is 2.36. The third-order valence-corrected chi connectivity index (χ3v) is 4.25. The van der Waals surface area contributed by atoms with Gasteiger partial charge in [-0.3, -0.25) is 4.79 Å². The largest absolute Gasteiger partial charge is 0.374 e. The summed E-state index contributed by atoms with van der Waals surface area (Å²) in [4.78, 5) is 14.6. The van der Waals surface area contributed by atoms with Crippen LogP contribution in [0.2, 0.25) is 0 Å². The summed E-state index contributed by atoms with van der Waals surface area (Å²) in [5.74, 6) is 0.256. The molecule has 1 saturated carbocycles. The summed E-state index contributed by atoms with van der Waals surface area (Å²) >= 11 is 0. The number of carbonyl (C=O) groups excluding carboxylic acids is 1. The zero-order chi connectivity index (χ0) is 13.1. The van der Waals surface area contributed by atoms with E-state index in [2.05, 4.69) is 4.90 Å². The molecule has 1 aromatic carbocycles. The van der Waals surface area contributed by atoms with Gasteiger partial charge in [0.2, 0.25) is 5.91 Å². The minimum absolute atomic E-state index is 0.256. The molecule has 1 saturated heterocycles. The Morgan fingerprint density at radius 3 is 2.84 bits per heavy atom. The summed E-state index contributed by atoms with van der Waals surface area (Å²) in [5.41, 5.74) is 1.10. The lowest BCUT2D eigenvalue weighted by Gasteiger charge is -2.43. The van der Waals surface area contributed by atoms with E-state index >= 15 is 0 Å². The summed E-state index contributed by atoms with van der Waals surface area (Å²) in [6, 6.07) is 10.3. The lowest BCUT2D eigenvalue weighted by molar-refractivity contribution is -0.148. The summed E-state index contributed by atoms with van der Waals surface area (Å²) in [6.45, 7) is 1.45. The van der Waals surface area contributed by atoms with Crippen LogP contribution in [0.1, 0.15) is 31.2 Å². The maximum absolute atomic E-state index is 12.5. The molecule has 19 heavy (non-hydrogen) atoms. The number of amides is 1. The van der Waals surface area contributed by atoms with Crippen molar-refractivity contribution in [2.24, 2.45) is 0 Å². The molecule has 3 heteroatoms. The Bertz CT molecular complexity index is 430. The molecule has 0 aromatic heterocycles. The van der Waals surface area contributed by atoms with E-state index in [1.165, 1.54) is 12.8 Å². The number of nitrogens with zero attached hydrogens (tertiary/aromatic N) is 1. The quantitative estimate of drug-likeness (QED) is 0.816. The van der Waals surface area contributed by atoms with Crippen molar-refractivity contribution in [3.8, 4) is 0 Å². The van der Waals surface area contributed by atoms with Crippen LogP contribution in [0.3, 0.4) is 0 Å². The SMILES string of the molecule is O=C(Cc1ccccc1)N1CCO[C@H]2CCCC[C@H]21. The highest BCUT2D eigenvalue weighted by Crippen LogP contribution is 2.28. The normalized spacial score (nSPS) is 26.8. The molecule has 1 heterocycles. The number of carbonyl (C=O) groups is 1. The predicted molar refractivity (Wildman–Crippen MR) is 73.9 cm³/mol. The van der Waals surface area contributed by atoms with Crippen LogP contribution in [-0.2, 0) is 16.0 Å². The van der Waals surface area contributed by atoms with E-state index in [-0.39, 0.29) is 12.0 Å². The van der Waals surface area contributed by atoms with Crippen molar-refractivity contribution in [2.45, 2.75) is 44.2 Å². The zero-order valence-corrected chi connectivity index (χ0v) is 11.3. The van der Waals surface area contributed by atoms with Crippen LogP contribution in [0.25, 0.3) is 0 Å². The van der Waals surface area contributed by atoms with Crippen molar-refractivity contribution >= 4 is 5.91 Å². The predicted octanol–water partition coefficient (Wildman–Crippen LogP) is 2.40. The van der Waals surface area contributed by atoms with E-state index in [0.717, 1.165) is 24.9 Å². The van der Waals surface area contributed by atoms with Crippen LogP contribution in [0.4, 0.5) is 0 Å². The first kappa shape index (κ1) is 12.7. The molecule has 3 rings (SSSR count). The van der Waals surface area contributed by atoms with Crippen LogP contribution in [0.15, 0.2) is 30.3 Å². The van der Waals surface area contributed by atoms with Gasteiger partial charge in [0.25, 0.3) is 0 Å². The van der Waals surface area contributed by atoms with E-state index in [0.29, 0.717) is 19.1 Å². The van der Waals surface area contributed by atoms with Gasteiger partial charge < -0.3 is 9.64 Å². The number of benzene rings is 1. The highest BCUT2D eigenvalue weighted by molar-refractivity contribution is 5.79. The number of fused-ring (bicyclic) bond motifs is 1. The zero-order valence-electron chi connectivity index (χ0n) is 11.3. The van der Waals surface area contributed by atoms with Crippen molar-refractivity contribution in [2.75, 3.05) is 13.2 Å². The molecule has 1 aliphatic heterocycles. The van der Waals surface area contributed by atoms with Crippen molar-refractivity contribution in [3.63, 3.8) is 0 Å². The fourth-order valence-electron chi connectivity index (χ4n) is 3.28. The molecule has 2 aliphatic rings. The summed E-state index contributed by atoms with van der Waals surface area (Å²) in [6.07, 6.45) is 5.47. The molecule has 1 aromatic rings. The topological polar surface area (TPSA) is 29.5 Å². The van der Waals surface area contributed by atoms with Crippen LogP contribution in [0.5, 0.6) is 0 Å². The minimum atomic E-state index is 0.256. The lowest BCUT2D eigenvalue weighted by Crippen LogP contribution is -2.55. The van der Waals surface area contributed by atoms with Gasteiger partial charge in [-0.1, -0.05) is 43.2 Å². The van der Waals surface area contributed by atoms with Crippen LogP contribution < -0.4 is 0 Å². The van der Waals surface area contributed by atoms with Gasteiger partial charge in [-0.25, -0.2) is 0 Å². The molecular formula is C16H21NO2. The maximum Gasteiger partial charge on any atom is 0.227 e. The van der Waals surface area contributed by atoms with Gasteiger partial charge >= 0.3 is 0 Å². The second-order valence-electron chi connectivity index (χ2n) is 5.51. The molecule has 1 aliphatic carbocycles. The summed E-state index contributed by atoms with van der Waals surface area (Å²) < 4.78 is 5.82. The van der Waals surface area contributed by atoms with Crippen LogP contribution in [0, 0.1) is 0 Å². The van der Waals surface area contributed by atoms with E-state index in [1.54, 1.807) is 0 Å². The van der Waals surface area contributed by atoms with Crippen LogP contribution in [-0.4, -0.2) is 36.1 Å². The van der Waals surface area contributed by atoms with Crippen molar-refractivity contribution in [1.29, 1.82) is 0 Å². The number of morpholine rings is 1. The second kappa shape index (κ2) is 5.74. The fourth-order valence-corrected chi connectivity index (χ4v) is 3.28. The van der Waals surface area contributed by atoms with Gasteiger partial charge in [-0.05, 0) is 18.4 Å². The van der Waals surface area contributed by atoms with Gasteiger partial charge in [-0.2, -0.15) is 0 Å². The lowest BCUT2D eigenvalue weighted by atomic mass is 9.90. The Balaban J connectivity index is 1.68. The van der Waals surface area contributed by atoms with Gasteiger partial charge in [0, 0.05) is 6.54 Å². The van der Waals surface area contributed by atoms with E-state index in [1.807, 2.05) is 30.3 Å². The smallest absolute Gasteiger partial charge is 0.227 e.